The van der Waals surface area contributed by atoms with Crippen LogP contribution in [0.4, 0.5) is 10.5 Å². The molecule has 0 aliphatic carbocycles. The smallest absolute Gasteiger partial charge is 0.353 e. The second kappa shape index (κ2) is 6.85. The third-order valence-electron chi connectivity index (χ3n) is 2.09. The van der Waals surface area contributed by atoms with Crippen LogP contribution in [0, 0.1) is 0 Å². The van der Waals surface area contributed by atoms with Crippen molar-refractivity contribution in [3.8, 4) is 0 Å². The summed E-state index contributed by atoms with van der Waals surface area (Å²) < 4.78 is 0. The summed E-state index contributed by atoms with van der Waals surface area (Å²) in [5, 5.41) is 2.62. The van der Waals surface area contributed by atoms with Crippen molar-refractivity contribution in [2.45, 2.75) is 32.7 Å². The van der Waals surface area contributed by atoms with Crippen LogP contribution in [0.15, 0.2) is 30.3 Å². The average molecular weight is 222 g/mol. The summed E-state index contributed by atoms with van der Waals surface area (Å²) in [5.74, 6) is 0. The lowest BCUT2D eigenvalue weighted by molar-refractivity contribution is 0.0817. The van der Waals surface area contributed by atoms with Crippen LogP contribution in [0.5, 0.6) is 0 Å². The number of carbonyl (C=O) groups excluding carboxylic acids is 1. The minimum atomic E-state index is -0.492. The number of carbonyl (C=O) groups is 1. The molecule has 0 aliphatic heterocycles. The van der Waals surface area contributed by atoms with E-state index in [-0.39, 0.29) is 6.04 Å². The molecule has 88 valence electrons. The fourth-order valence-electron chi connectivity index (χ4n) is 1.31. The van der Waals surface area contributed by atoms with Gasteiger partial charge in [-0.3, -0.25) is 5.32 Å². The number of anilines is 1. The number of nitrogens with one attached hydrogen (secondary N) is 2. The minimum Gasteiger partial charge on any atom is -0.353 e. The first-order chi connectivity index (χ1) is 7.72. The van der Waals surface area contributed by atoms with Crippen molar-refractivity contribution in [2.24, 2.45) is 0 Å². The third-order valence-corrected chi connectivity index (χ3v) is 2.09. The number of hydroxylamine groups is 1. The molecule has 0 heterocycles. The molecule has 16 heavy (non-hydrogen) atoms. The van der Waals surface area contributed by atoms with Gasteiger partial charge < -0.3 is 4.84 Å². The van der Waals surface area contributed by atoms with Crippen LogP contribution in [-0.2, 0) is 4.84 Å². The van der Waals surface area contributed by atoms with Crippen LogP contribution in [0.1, 0.15) is 26.7 Å². The predicted octanol–water partition coefficient (Wildman–Crippen LogP) is 2.93. The van der Waals surface area contributed by atoms with Gasteiger partial charge in [0.2, 0.25) is 0 Å². The molecule has 0 aromatic heterocycles. The molecule has 1 unspecified atom stereocenters. The van der Waals surface area contributed by atoms with Crippen LogP contribution < -0.4 is 10.8 Å². The van der Waals surface area contributed by atoms with Crippen LogP contribution >= 0.6 is 0 Å². The average Bonchev–Trinajstić information content (AvgIpc) is 2.28. The molecule has 0 spiro atoms. The van der Waals surface area contributed by atoms with E-state index in [0.29, 0.717) is 0 Å². The van der Waals surface area contributed by atoms with Crippen molar-refractivity contribution in [1.82, 2.24) is 5.48 Å². The van der Waals surface area contributed by atoms with E-state index in [9.17, 15) is 4.79 Å². The van der Waals surface area contributed by atoms with E-state index in [1.165, 1.54) is 0 Å². The largest absolute Gasteiger partial charge is 0.430 e. The number of para-hydroxylation sites is 1. The van der Waals surface area contributed by atoms with Crippen LogP contribution in [-0.4, -0.2) is 12.1 Å². The quantitative estimate of drug-likeness (QED) is 0.753. The zero-order valence-corrected chi connectivity index (χ0v) is 9.69. The molecule has 1 rings (SSSR count). The number of rotatable bonds is 5. The van der Waals surface area contributed by atoms with E-state index in [1.807, 2.05) is 25.1 Å². The molecule has 1 amide bonds. The molecule has 2 N–H and O–H groups in total. The summed E-state index contributed by atoms with van der Waals surface area (Å²) in [6.07, 6.45) is 1.53. The highest BCUT2D eigenvalue weighted by Gasteiger charge is 2.05. The van der Waals surface area contributed by atoms with Crippen molar-refractivity contribution < 1.29 is 9.63 Å². The molecule has 4 heteroatoms. The molecule has 0 fully saturated rings. The Balaban J connectivity index is 2.26. The Morgan fingerprint density at radius 2 is 2.06 bits per heavy atom. The fourth-order valence-corrected chi connectivity index (χ4v) is 1.31. The van der Waals surface area contributed by atoms with Gasteiger partial charge in [-0.2, -0.15) is 0 Å². The van der Waals surface area contributed by atoms with Crippen molar-refractivity contribution in [3.05, 3.63) is 30.3 Å². The molecular formula is C12H18N2O2. The Kier molecular flexibility index (Phi) is 5.36. The minimum absolute atomic E-state index is 0.173. The zero-order valence-electron chi connectivity index (χ0n) is 9.69. The summed E-state index contributed by atoms with van der Waals surface area (Å²) in [5.41, 5.74) is 3.41. The monoisotopic (exact) mass is 222 g/mol. The summed E-state index contributed by atoms with van der Waals surface area (Å²) in [4.78, 5) is 16.2. The summed E-state index contributed by atoms with van der Waals surface area (Å²) in [6.45, 7) is 4.06. The molecule has 1 aromatic rings. The van der Waals surface area contributed by atoms with Crippen molar-refractivity contribution in [3.63, 3.8) is 0 Å². The summed E-state index contributed by atoms with van der Waals surface area (Å²) in [6, 6.07) is 9.36. The Hall–Kier alpha value is -1.55. The molecule has 0 bridgehead atoms. The topological polar surface area (TPSA) is 50.4 Å². The first kappa shape index (κ1) is 12.5. The number of hydrogen-bond acceptors (Lipinski definition) is 3. The Labute approximate surface area is 95.9 Å². The molecule has 0 radical (unpaired) electrons. The lowest BCUT2D eigenvalue weighted by atomic mass is 10.2. The summed E-state index contributed by atoms with van der Waals surface area (Å²) in [7, 11) is 0. The SMILES string of the molecule is CCCC(C)NOC(=O)Nc1ccccc1. The highest BCUT2D eigenvalue weighted by molar-refractivity contribution is 5.84. The second-order valence-electron chi connectivity index (χ2n) is 3.69. The molecule has 0 saturated carbocycles. The first-order valence-corrected chi connectivity index (χ1v) is 5.50. The van der Waals surface area contributed by atoms with Gasteiger partial charge in [0.05, 0.1) is 0 Å². The Bertz CT molecular complexity index is 314. The van der Waals surface area contributed by atoms with Gasteiger partial charge in [-0.1, -0.05) is 31.5 Å². The van der Waals surface area contributed by atoms with Gasteiger partial charge in [0.25, 0.3) is 0 Å². The van der Waals surface area contributed by atoms with E-state index in [2.05, 4.69) is 17.7 Å². The van der Waals surface area contributed by atoms with Crippen LogP contribution in [0.25, 0.3) is 0 Å². The van der Waals surface area contributed by atoms with E-state index in [0.717, 1.165) is 18.5 Å². The van der Waals surface area contributed by atoms with Crippen molar-refractivity contribution in [1.29, 1.82) is 0 Å². The number of benzene rings is 1. The number of amides is 1. The van der Waals surface area contributed by atoms with Gasteiger partial charge in [-0.15, -0.1) is 5.48 Å². The molecular weight excluding hydrogens is 204 g/mol. The van der Waals surface area contributed by atoms with Crippen LogP contribution in [0.3, 0.4) is 0 Å². The van der Waals surface area contributed by atoms with Gasteiger partial charge in [-0.25, -0.2) is 4.79 Å². The van der Waals surface area contributed by atoms with Gasteiger partial charge >= 0.3 is 6.09 Å². The van der Waals surface area contributed by atoms with Gasteiger partial charge in [-0.05, 0) is 25.5 Å². The zero-order chi connectivity index (χ0) is 11.8. The van der Waals surface area contributed by atoms with Gasteiger partial charge in [0.1, 0.15) is 0 Å². The molecule has 0 aliphatic rings. The molecule has 4 nitrogen and oxygen atoms in total. The maximum Gasteiger partial charge on any atom is 0.430 e. The molecule has 0 saturated heterocycles. The van der Waals surface area contributed by atoms with E-state index < -0.39 is 6.09 Å². The van der Waals surface area contributed by atoms with Crippen LogP contribution in [0.2, 0.25) is 0 Å². The van der Waals surface area contributed by atoms with Gasteiger partial charge in [0, 0.05) is 11.7 Å². The van der Waals surface area contributed by atoms with Crippen molar-refractivity contribution >= 4 is 11.8 Å². The lowest BCUT2D eigenvalue weighted by Crippen LogP contribution is -2.31. The standard InChI is InChI=1S/C12H18N2O2/c1-3-7-10(2)14-16-12(15)13-11-8-5-4-6-9-11/h4-6,8-10,14H,3,7H2,1-2H3,(H,13,15). The van der Waals surface area contributed by atoms with E-state index >= 15 is 0 Å². The maximum absolute atomic E-state index is 11.3. The summed E-state index contributed by atoms with van der Waals surface area (Å²) >= 11 is 0. The Morgan fingerprint density at radius 3 is 2.69 bits per heavy atom. The first-order valence-electron chi connectivity index (χ1n) is 5.50. The normalized spacial score (nSPS) is 11.9. The Morgan fingerprint density at radius 1 is 1.38 bits per heavy atom. The molecule has 1 aromatic carbocycles. The highest BCUT2D eigenvalue weighted by atomic mass is 16.7. The van der Waals surface area contributed by atoms with Crippen molar-refractivity contribution in [2.75, 3.05) is 5.32 Å². The van der Waals surface area contributed by atoms with Gasteiger partial charge in [0.15, 0.2) is 0 Å². The predicted molar refractivity (Wildman–Crippen MR) is 64.1 cm³/mol. The van der Waals surface area contributed by atoms with E-state index in [1.54, 1.807) is 12.1 Å². The lowest BCUT2D eigenvalue weighted by Gasteiger charge is -2.12. The molecule has 1 atom stereocenters. The van der Waals surface area contributed by atoms with E-state index in [4.69, 9.17) is 4.84 Å². The third kappa shape index (κ3) is 4.79. The maximum atomic E-state index is 11.3. The highest BCUT2D eigenvalue weighted by Crippen LogP contribution is 2.05. The number of hydrogen-bond donors (Lipinski definition) is 2. The second-order valence-corrected chi connectivity index (χ2v) is 3.69. The fraction of sp³-hybridized carbons (Fsp3) is 0.417.